The van der Waals surface area contributed by atoms with Crippen LogP contribution in [0.3, 0.4) is 0 Å². The third-order valence-electron chi connectivity index (χ3n) is 5.22. The number of nitrogens with one attached hydrogen (secondary N) is 2. The number of alkyl carbamates (subject to hydrolysis) is 1. The zero-order valence-corrected chi connectivity index (χ0v) is 19.1. The molecule has 1 aromatic carbocycles. The number of benzene rings is 1. The molecule has 1 fully saturated rings. The first-order valence-electron chi connectivity index (χ1n) is 10.6. The van der Waals surface area contributed by atoms with Gasteiger partial charge in [0.25, 0.3) is 0 Å². The Bertz CT molecular complexity index is 1030. The van der Waals surface area contributed by atoms with E-state index in [4.69, 9.17) is 10.00 Å². The van der Waals surface area contributed by atoms with Gasteiger partial charge in [-0.05, 0) is 52.7 Å². The lowest BCUT2D eigenvalue weighted by atomic mass is 9.99. The summed E-state index contributed by atoms with van der Waals surface area (Å²) in [7, 11) is 1.72. The molecule has 8 nitrogen and oxygen atoms in total. The van der Waals surface area contributed by atoms with Gasteiger partial charge < -0.3 is 20.3 Å². The lowest BCUT2D eigenvalue weighted by Gasteiger charge is -2.39. The number of anilines is 2. The molecule has 1 amide bonds. The van der Waals surface area contributed by atoms with Gasteiger partial charge in [-0.1, -0.05) is 6.07 Å². The molecule has 3 rings (SSSR count). The predicted octanol–water partition coefficient (Wildman–Crippen LogP) is 4.08. The van der Waals surface area contributed by atoms with Gasteiger partial charge in [0.15, 0.2) is 0 Å². The number of hydrogen-bond acceptors (Lipinski definition) is 7. The van der Waals surface area contributed by atoms with Gasteiger partial charge in [0.2, 0.25) is 5.95 Å². The van der Waals surface area contributed by atoms with Crippen LogP contribution in [-0.4, -0.2) is 47.3 Å². The molecular formula is C23H29FN6O2. The van der Waals surface area contributed by atoms with Gasteiger partial charge in [0.1, 0.15) is 23.3 Å². The average Bonchev–Trinajstić information content (AvgIpc) is 2.73. The van der Waals surface area contributed by atoms with Crippen molar-refractivity contribution < 1.29 is 13.9 Å². The van der Waals surface area contributed by atoms with E-state index in [1.54, 1.807) is 19.2 Å². The van der Waals surface area contributed by atoms with Crippen LogP contribution in [-0.2, 0) is 4.74 Å². The number of halogens is 1. The summed E-state index contributed by atoms with van der Waals surface area (Å²) in [5, 5.41) is 14.9. The summed E-state index contributed by atoms with van der Waals surface area (Å²) in [6.45, 7) is 8.15. The highest BCUT2D eigenvalue weighted by Crippen LogP contribution is 2.29. The second-order valence-electron chi connectivity index (χ2n) is 8.91. The van der Waals surface area contributed by atoms with Crippen LogP contribution in [0.15, 0.2) is 24.3 Å². The number of carbonyl (C=O) groups is 1. The summed E-state index contributed by atoms with van der Waals surface area (Å²) in [5.41, 5.74) is 0.509. The van der Waals surface area contributed by atoms with E-state index >= 15 is 0 Å². The number of nitrogens with zero attached hydrogens (tertiary/aromatic N) is 4. The highest BCUT2D eigenvalue weighted by molar-refractivity contribution is 5.69. The molecule has 0 aliphatic carbocycles. The Morgan fingerprint density at radius 2 is 2.03 bits per heavy atom. The van der Waals surface area contributed by atoms with Gasteiger partial charge in [-0.15, -0.1) is 0 Å². The number of amides is 1. The van der Waals surface area contributed by atoms with Crippen molar-refractivity contribution in [1.29, 1.82) is 5.26 Å². The van der Waals surface area contributed by atoms with Gasteiger partial charge >= 0.3 is 6.09 Å². The highest BCUT2D eigenvalue weighted by Gasteiger charge is 2.29. The number of rotatable bonds is 4. The van der Waals surface area contributed by atoms with Gasteiger partial charge in [-0.25, -0.2) is 14.2 Å². The van der Waals surface area contributed by atoms with Crippen molar-refractivity contribution >= 4 is 17.9 Å². The van der Waals surface area contributed by atoms with Crippen molar-refractivity contribution in [2.45, 2.75) is 58.2 Å². The molecule has 1 aliphatic heterocycles. The minimum Gasteiger partial charge on any atom is -0.444 e. The van der Waals surface area contributed by atoms with Gasteiger partial charge in [-0.3, -0.25) is 0 Å². The number of carbonyl (C=O) groups excluding carboxylic acids is 1. The highest BCUT2D eigenvalue weighted by atomic mass is 19.1. The molecule has 2 heterocycles. The molecule has 0 spiro atoms. The summed E-state index contributed by atoms with van der Waals surface area (Å²) < 4.78 is 19.6. The normalized spacial score (nSPS) is 18.6. The Morgan fingerprint density at radius 1 is 1.28 bits per heavy atom. The maximum absolute atomic E-state index is 14.2. The first-order chi connectivity index (χ1) is 15.1. The zero-order valence-electron chi connectivity index (χ0n) is 19.1. The SMILES string of the molecule is CNc1nc(-c2ccc(C#N)c(F)c2)cc(N2CC(NC(=O)OC(C)(C)C)CCC2C)n1. The van der Waals surface area contributed by atoms with E-state index in [1.165, 1.54) is 12.1 Å². The molecule has 2 N–H and O–H groups in total. The van der Waals surface area contributed by atoms with Crippen molar-refractivity contribution in [3.63, 3.8) is 0 Å². The van der Waals surface area contributed by atoms with Crippen molar-refractivity contribution in [3.8, 4) is 17.3 Å². The van der Waals surface area contributed by atoms with Crippen LogP contribution in [0.1, 0.15) is 46.1 Å². The molecular weight excluding hydrogens is 411 g/mol. The zero-order chi connectivity index (χ0) is 23.5. The Morgan fingerprint density at radius 3 is 2.66 bits per heavy atom. The number of ether oxygens (including phenoxy) is 1. The van der Waals surface area contributed by atoms with Crippen LogP contribution >= 0.6 is 0 Å². The number of nitriles is 1. The van der Waals surface area contributed by atoms with Crippen molar-refractivity contribution in [2.24, 2.45) is 0 Å². The monoisotopic (exact) mass is 440 g/mol. The first kappa shape index (κ1) is 23.3. The second-order valence-corrected chi connectivity index (χ2v) is 8.91. The second kappa shape index (κ2) is 9.39. The van der Waals surface area contributed by atoms with Crippen LogP contribution in [0, 0.1) is 17.1 Å². The van der Waals surface area contributed by atoms with Crippen LogP contribution in [0.5, 0.6) is 0 Å². The minimum absolute atomic E-state index is 0.0161. The topological polar surface area (TPSA) is 103 Å². The fourth-order valence-corrected chi connectivity index (χ4v) is 3.62. The fraction of sp³-hybridized carbons (Fsp3) is 0.478. The first-order valence-corrected chi connectivity index (χ1v) is 10.6. The fourth-order valence-electron chi connectivity index (χ4n) is 3.62. The molecule has 9 heteroatoms. The largest absolute Gasteiger partial charge is 0.444 e. The molecule has 0 bridgehead atoms. The van der Waals surface area contributed by atoms with Crippen LogP contribution < -0.4 is 15.5 Å². The molecule has 1 aliphatic rings. The number of piperidine rings is 1. The maximum Gasteiger partial charge on any atom is 0.407 e. The molecule has 0 radical (unpaired) electrons. The average molecular weight is 441 g/mol. The maximum atomic E-state index is 14.2. The van der Waals surface area contributed by atoms with E-state index in [1.807, 2.05) is 26.8 Å². The Labute approximate surface area is 187 Å². The summed E-state index contributed by atoms with van der Waals surface area (Å²) >= 11 is 0. The lowest BCUT2D eigenvalue weighted by molar-refractivity contribution is 0.0497. The lowest BCUT2D eigenvalue weighted by Crippen LogP contribution is -2.52. The van der Waals surface area contributed by atoms with Crippen LogP contribution in [0.4, 0.5) is 21.0 Å². The standard InChI is InChI=1S/C23H29FN6O2/c1-14-6-9-17(27-22(31)32-23(2,3)4)13-30(14)20-11-19(28-21(26-5)29-20)15-7-8-16(12-25)18(24)10-15/h7-8,10-11,14,17H,6,9,13H2,1-5H3,(H,27,31)(H,26,28,29). The van der Waals surface area contributed by atoms with Crippen molar-refractivity contribution in [2.75, 3.05) is 23.8 Å². The van der Waals surface area contributed by atoms with E-state index in [-0.39, 0.29) is 17.6 Å². The molecule has 170 valence electrons. The Hall–Kier alpha value is -3.41. The molecule has 2 aromatic rings. The van der Waals surface area contributed by atoms with Crippen molar-refractivity contribution in [3.05, 3.63) is 35.6 Å². The summed E-state index contributed by atoms with van der Waals surface area (Å²) in [6, 6.07) is 8.13. The van der Waals surface area contributed by atoms with Gasteiger partial charge in [0.05, 0.1) is 11.3 Å². The summed E-state index contributed by atoms with van der Waals surface area (Å²) in [6.07, 6.45) is 1.25. The molecule has 1 aromatic heterocycles. The summed E-state index contributed by atoms with van der Waals surface area (Å²) in [5.74, 6) is 0.480. The summed E-state index contributed by atoms with van der Waals surface area (Å²) in [4.78, 5) is 23.4. The Kier molecular flexibility index (Phi) is 6.82. The third kappa shape index (κ3) is 5.63. The predicted molar refractivity (Wildman–Crippen MR) is 121 cm³/mol. The van der Waals surface area contributed by atoms with E-state index in [0.29, 0.717) is 29.6 Å². The molecule has 1 saturated heterocycles. The molecule has 32 heavy (non-hydrogen) atoms. The van der Waals surface area contributed by atoms with Crippen molar-refractivity contribution in [1.82, 2.24) is 15.3 Å². The molecule has 2 atom stereocenters. The van der Waals surface area contributed by atoms with E-state index in [2.05, 4.69) is 32.4 Å². The Balaban J connectivity index is 1.87. The van der Waals surface area contributed by atoms with Gasteiger partial charge in [-0.2, -0.15) is 10.2 Å². The van der Waals surface area contributed by atoms with E-state index < -0.39 is 17.5 Å². The molecule has 2 unspecified atom stereocenters. The van der Waals surface area contributed by atoms with E-state index in [9.17, 15) is 9.18 Å². The quantitative estimate of drug-likeness (QED) is 0.738. The number of hydrogen-bond donors (Lipinski definition) is 2. The van der Waals surface area contributed by atoms with E-state index in [0.717, 1.165) is 12.8 Å². The minimum atomic E-state index is -0.593. The van der Waals surface area contributed by atoms with Crippen LogP contribution in [0.25, 0.3) is 11.3 Å². The number of aromatic nitrogens is 2. The van der Waals surface area contributed by atoms with Crippen LogP contribution in [0.2, 0.25) is 0 Å². The smallest absolute Gasteiger partial charge is 0.407 e. The molecule has 0 saturated carbocycles. The van der Waals surface area contributed by atoms with Gasteiger partial charge in [0, 0.05) is 37.3 Å². The third-order valence-corrected chi connectivity index (χ3v) is 5.22.